The number of carbonyl (C=O) groups is 1. The van der Waals surface area contributed by atoms with Gasteiger partial charge in [-0.25, -0.2) is 0 Å². The molecule has 1 fully saturated rings. The van der Waals surface area contributed by atoms with Crippen molar-refractivity contribution in [1.29, 1.82) is 0 Å². The largest absolute Gasteiger partial charge is 0.401 e. The SMILES string of the molecule is CSCC[C@H](N)C(=O)N1CCN(CC(F)(F)F)CC1.Cl. The van der Waals surface area contributed by atoms with Crippen LogP contribution in [0.15, 0.2) is 0 Å². The Morgan fingerprint density at radius 2 is 1.85 bits per heavy atom. The topological polar surface area (TPSA) is 49.6 Å². The third-order valence-electron chi connectivity index (χ3n) is 3.04. The van der Waals surface area contributed by atoms with Crippen molar-refractivity contribution in [3.63, 3.8) is 0 Å². The number of rotatable bonds is 5. The maximum absolute atomic E-state index is 12.2. The van der Waals surface area contributed by atoms with Gasteiger partial charge in [0.25, 0.3) is 0 Å². The highest BCUT2D eigenvalue weighted by molar-refractivity contribution is 7.98. The van der Waals surface area contributed by atoms with Crippen LogP contribution in [0.25, 0.3) is 0 Å². The third kappa shape index (κ3) is 7.01. The van der Waals surface area contributed by atoms with E-state index in [0.717, 1.165) is 5.75 Å². The molecule has 0 aliphatic carbocycles. The molecule has 0 unspecified atom stereocenters. The highest BCUT2D eigenvalue weighted by Crippen LogP contribution is 2.17. The number of carbonyl (C=O) groups excluding carboxylic acids is 1. The highest BCUT2D eigenvalue weighted by atomic mass is 35.5. The predicted octanol–water partition coefficient (Wildman–Crippen LogP) is 1.20. The summed E-state index contributed by atoms with van der Waals surface area (Å²) in [6, 6.07) is -0.540. The number of nitrogens with two attached hydrogens (primary N) is 1. The zero-order valence-corrected chi connectivity index (χ0v) is 13.0. The summed E-state index contributed by atoms with van der Waals surface area (Å²) in [7, 11) is 0. The zero-order chi connectivity index (χ0) is 14.5. The Bertz CT molecular complexity index is 299. The number of thioether (sulfide) groups is 1. The van der Waals surface area contributed by atoms with E-state index < -0.39 is 18.8 Å². The van der Waals surface area contributed by atoms with Gasteiger partial charge in [0.2, 0.25) is 5.91 Å². The highest BCUT2D eigenvalue weighted by Gasteiger charge is 2.33. The molecule has 0 saturated carbocycles. The molecule has 0 aromatic rings. The van der Waals surface area contributed by atoms with Crippen LogP contribution >= 0.6 is 24.2 Å². The Labute approximate surface area is 127 Å². The molecule has 1 saturated heterocycles. The first kappa shape index (κ1) is 19.8. The first-order chi connectivity index (χ1) is 8.83. The van der Waals surface area contributed by atoms with Gasteiger partial charge >= 0.3 is 6.18 Å². The molecule has 1 aliphatic heterocycles. The summed E-state index contributed by atoms with van der Waals surface area (Å²) >= 11 is 1.62. The van der Waals surface area contributed by atoms with Gasteiger partial charge in [0.15, 0.2) is 0 Å². The Hall–Kier alpha value is -0.180. The molecule has 1 amide bonds. The minimum absolute atomic E-state index is 0. The number of hydrogen-bond donors (Lipinski definition) is 1. The number of amides is 1. The van der Waals surface area contributed by atoms with Crippen molar-refractivity contribution in [1.82, 2.24) is 9.80 Å². The molecule has 0 aromatic heterocycles. The van der Waals surface area contributed by atoms with Crippen molar-refractivity contribution in [3.8, 4) is 0 Å². The van der Waals surface area contributed by atoms with E-state index in [1.54, 1.807) is 16.7 Å². The Morgan fingerprint density at radius 1 is 1.30 bits per heavy atom. The number of halogens is 4. The van der Waals surface area contributed by atoms with Crippen LogP contribution in [0.3, 0.4) is 0 Å². The minimum Gasteiger partial charge on any atom is -0.339 e. The quantitative estimate of drug-likeness (QED) is 0.820. The molecule has 0 aromatic carbocycles. The lowest BCUT2D eigenvalue weighted by Crippen LogP contribution is -2.54. The van der Waals surface area contributed by atoms with E-state index >= 15 is 0 Å². The van der Waals surface area contributed by atoms with Gasteiger partial charge in [-0.15, -0.1) is 12.4 Å². The lowest BCUT2D eigenvalue weighted by molar-refractivity contribution is -0.152. The molecule has 1 rings (SSSR count). The van der Waals surface area contributed by atoms with Gasteiger partial charge in [0.1, 0.15) is 0 Å². The van der Waals surface area contributed by atoms with Gasteiger partial charge in [-0.1, -0.05) is 0 Å². The van der Waals surface area contributed by atoms with Crippen molar-refractivity contribution in [2.45, 2.75) is 18.6 Å². The van der Waals surface area contributed by atoms with Gasteiger partial charge < -0.3 is 10.6 Å². The number of hydrogen-bond acceptors (Lipinski definition) is 4. The number of nitrogens with zero attached hydrogens (tertiary/aromatic N) is 2. The molecule has 1 atom stereocenters. The van der Waals surface area contributed by atoms with Gasteiger partial charge in [0.05, 0.1) is 12.6 Å². The molecule has 9 heteroatoms. The lowest BCUT2D eigenvalue weighted by Gasteiger charge is -2.36. The van der Waals surface area contributed by atoms with Crippen molar-refractivity contribution in [2.75, 3.05) is 44.7 Å². The maximum atomic E-state index is 12.2. The first-order valence-corrected chi connectivity index (χ1v) is 7.55. The monoisotopic (exact) mass is 335 g/mol. The van der Waals surface area contributed by atoms with Gasteiger partial charge in [-0.3, -0.25) is 9.69 Å². The van der Waals surface area contributed by atoms with E-state index in [-0.39, 0.29) is 31.4 Å². The molecular formula is C11H21ClF3N3OS. The van der Waals surface area contributed by atoms with E-state index in [0.29, 0.717) is 19.5 Å². The van der Waals surface area contributed by atoms with Crippen molar-refractivity contribution in [3.05, 3.63) is 0 Å². The molecule has 0 bridgehead atoms. The van der Waals surface area contributed by atoms with Gasteiger partial charge in [-0.05, 0) is 18.4 Å². The van der Waals surface area contributed by atoms with Crippen LogP contribution in [0.5, 0.6) is 0 Å². The van der Waals surface area contributed by atoms with E-state index in [9.17, 15) is 18.0 Å². The summed E-state index contributed by atoms with van der Waals surface area (Å²) in [5.41, 5.74) is 5.77. The molecule has 120 valence electrons. The van der Waals surface area contributed by atoms with E-state index in [4.69, 9.17) is 5.73 Å². The Kier molecular flexibility index (Phi) is 8.88. The fourth-order valence-corrected chi connectivity index (χ4v) is 2.47. The van der Waals surface area contributed by atoms with Crippen molar-refractivity contribution >= 4 is 30.1 Å². The van der Waals surface area contributed by atoms with Crippen LogP contribution in [0.4, 0.5) is 13.2 Å². The second-order valence-electron chi connectivity index (χ2n) is 4.60. The average Bonchev–Trinajstić information content (AvgIpc) is 2.34. The Balaban J connectivity index is 0.00000361. The molecule has 1 aliphatic rings. The molecule has 1 heterocycles. The molecule has 20 heavy (non-hydrogen) atoms. The van der Waals surface area contributed by atoms with Crippen LogP contribution in [-0.4, -0.2) is 72.7 Å². The lowest BCUT2D eigenvalue weighted by atomic mass is 10.2. The van der Waals surface area contributed by atoms with Gasteiger partial charge in [0, 0.05) is 26.2 Å². The smallest absolute Gasteiger partial charge is 0.339 e. The van der Waals surface area contributed by atoms with Crippen molar-refractivity contribution < 1.29 is 18.0 Å². The second kappa shape index (κ2) is 8.96. The zero-order valence-electron chi connectivity index (χ0n) is 11.4. The van der Waals surface area contributed by atoms with Crippen LogP contribution in [-0.2, 0) is 4.79 Å². The Morgan fingerprint density at radius 3 is 2.30 bits per heavy atom. The molecule has 0 radical (unpaired) electrons. The predicted molar refractivity (Wildman–Crippen MR) is 77.3 cm³/mol. The van der Waals surface area contributed by atoms with Crippen molar-refractivity contribution in [2.24, 2.45) is 5.73 Å². The summed E-state index contributed by atoms with van der Waals surface area (Å²) in [4.78, 5) is 14.8. The normalized spacial score (nSPS) is 18.6. The fraction of sp³-hybridized carbons (Fsp3) is 0.909. The average molecular weight is 336 g/mol. The number of alkyl halides is 3. The summed E-state index contributed by atoms with van der Waals surface area (Å²) < 4.78 is 36.7. The summed E-state index contributed by atoms with van der Waals surface area (Å²) in [6.07, 6.45) is -1.64. The standard InChI is InChI=1S/C11H20F3N3OS.ClH/c1-19-7-2-9(15)10(18)17-5-3-16(4-6-17)8-11(12,13)14;/h9H,2-8,15H2,1H3;1H/t9-;/m0./s1. The van der Waals surface area contributed by atoms with E-state index in [1.807, 2.05) is 6.26 Å². The molecule has 0 spiro atoms. The summed E-state index contributed by atoms with van der Waals surface area (Å²) in [5, 5.41) is 0. The molecule has 4 nitrogen and oxygen atoms in total. The number of piperazine rings is 1. The van der Waals surface area contributed by atoms with Crippen LogP contribution < -0.4 is 5.73 Å². The molecule has 2 N–H and O–H groups in total. The summed E-state index contributed by atoms with van der Waals surface area (Å²) in [5.74, 6) is 0.654. The minimum atomic E-state index is -4.18. The fourth-order valence-electron chi connectivity index (χ4n) is 1.98. The van der Waals surface area contributed by atoms with E-state index in [2.05, 4.69) is 0 Å². The second-order valence-corrected chi connectivity index (χ2v) is 5.59. The van der Waals surface area contributed by atoms with Crippen LogP contribution in [0.2, 0.25) is 0 Å². The van der Waals surface area contributed by atoms with E-state index in [1.165, 1.54) is 4.90 Å². The third-order valence-corrected chi connectivity index (χ3v) is 3.68. The van der Waals surface area contributed by atoms with Crippen LogP contribution in [0, 0.1) is 0 Å². The first-order valence-electron chi connectivity index (χ1n) is 6.16. The molecular weight excluding hydrogens is 315 g/mol. The maximum Gasteiger partial charge on any atom is 0.401 e. The summed E-state index contributed by atoms with van der Waals surface area (Å²) in [6.45, 7) is 0.234. The van der Waals surface area contributed by atoms with Crippen LogP contribution in [0.1, 0.15) is 6.42 Å². The van der Waals surface area contributed by atoms with Gasteiger partial charge in [-0.2, -0.15) is 24.9 Å².